The Morgan fingerprint density at radius 3 is 2.19 bits per heavy atom. The quantitative estimate of drug-likeness (QED) is 0.354. The number of hydrogen-bond donors (Lipinski definition) is 2. The van der Waals surface area contributed by atoms with E-state index >= 15 is 0 Å². The number of nitrogens with zero attached hydrogens (tertiary/aromatic N) is 2. The molecule has 2 N–H and O–H groups in total. The van der Waals surface area contributed by atoms with Crippen molar-refractivity contribution >= 4 is 23.5 Å². The molecule has 1 aromatic heterocycles. The van der Waals surface area contributed by atoms with E-state index in [0.29, 0.717) is 23.5 Å². The summed E-state index contributed by atoms with van der Waals surface area (Å²) in [5.41, 5.74) is 4.33. The van der Waals surface area contributed by atoms with Gasteiger partial charge in [0.05, 0.1) is 25.6 Å². The first kappa shape index (κ1) is 24.4. The topological polar surface area (TPSA) is 102 Å². The number of rotatable bonds is 9. The highest BCUT2D eigenvalue weighted by atomic mass is 16.5. The maximum absolute atomic E-state index is 13.2. The molecule has 0 atom stereocenters. The minimum Gasteiger partial charge on any atom is -0.468 e. The summed E-state index contributed by atoms with van der Waals surface area (Å²) in [5.74, 6) is -1.09. The molecule has 0 aliphatic heterocycles. The third-order valence-corrected chi connectivity index (χ3v) is 5.47. The molecule has 8 heteroatoms. The molecular weight excluding hydrogens is 456 g/mol. The molecule has 182 valence electrons. The number of methoxy groups -OCH3 is 1. The molecule has 0 saturated heterocycles. The van der Waals surface area contributed by atoms with Crippen LogP contribution in [0.4, 0.5) is 5.69 Å². The largest absolute Gasteiger partial charge is 0.468 e. The Kier molecular flexibility index (Phi) is 7.87. The standard InChI is InChI=1S/C28H26N4O4/c1-36-26(34)17-29-25(33)16-20-12-14-23(15-13-20)30-28(35)24-19-32(18-21-8-4-2-5-9-21)31-27(24)22-10-6-3-7-11-22/h2-15,19H,16-18H2,1H3,(H,29,33)(H,30,35). The van der Waals surface area contributed by atoms with Gasteiger partial charge in [0.25, 0.3) is 5.91 Å². The van der Waals surface area contributed by atoms with Crippen molar-refractivity contribution in [3.8, 4) is 11.3 Å². The normalized spacial score (nSPS) is 10.5. The van der Waals surface area contributed by atoms with Crippen LogP contribution < -0.4 is 10.6 Å². The van der Waals surface area contributed by atoms with Crippen molar-refractivity contribution in [2.24, 2.45) is 0 Å². The summed E-state index contributed by atoms with van der Waals surface area (Å²) in [6, 6.07) is 26.5. The molecule has 36 heavy (non-hydrogen) atoms. The van der Waals surface area contributed by atoms with Gasteiger partial charge in [-0.1, -0.05) is 72.8 Å². The summed E-state index contributed by atoms with van der Waals surface area (Å²) in [4.78, 5) is 36.4. The summed E-state index contributed by atoms with van der Waals surface area (Å²) >= 11 is 0. The fourth-order valence-corrected chi connectivity index (χ4v) is 3.64. The third-order valence-electron chi connectivity index (χ3n) is 5.47. The number of carbonyl (C=O) groups excluding carboxylic acids is 3. The van der Waals surface area contributed by atoms with Crippen LogP contribution in [0.25, 0.3) is 11.3 Å². The average molecular weight is 483 g/mol. The van der Waals surface area contributed by atoms with Gasteiger partial charge in [0.15, 0.2) is 0 Å². The second-order valence-corrected chi connectivity index (χ2v) is 8.12. The highest BCUT2D eigenvalue weighted by Crippen LogP contribution is 2.24. The first-order chi connectivity index (χ1) is 17.5. The average Bonchev–Trinajstić information content (AvgIpc) is 3.33. The van der Waals surface area contributed by atoms with Crippen LogP contribution in [0.3, 0.4) is 0 Å². The minimum absolute atomic E-state index is 0.107. The number of benzene rings is 3. The molecule has 8 nitrogen and oxygen atoms in total. The van der Waals surface area contributed by atoms with Crippen LogP contribution in [0.15, 0.2) is 91.1 Å². The SMILES string of the molecule is COC(=O)CNC(=O)Cc1ccc(NC(=O)c2cn(Cc3ccccc3)nc2-c2ccccc2)cc1. The van der Waals surface area contributed by atoms with Gasteiger partial charge in [-0.25, -0.2) is 0 Å². The van der Waals surface area contributed by atoms with E-state index in [1.807, 2.05) is 60.7 Å². The number of anilines is 1. The lowest BCUT2D eigenvalue weighted by Crippen LogP contribution is -2.31. The zero-order chi connectivity index (χ0) is 25.3. The first-order valence-corrected chi connectivity index (χ1v) is 11.4. The summed E-state index contributed by atoms with van der Waals surface area (Å²) in [5, 5.41) is 10.1. The van der Waals surface area contributed by atoms with Crippen molar-refractivity contribution in [1.82, 2.24) is 15.1 Å². The van der Waals surface area contributed by atoms with Crippen LogP contribution >= 0.6 is 0 Å². The maximum atomic E-state index is 13.2. The van der Waals surface area contributed by atoms with E-state index in [2.05, 4.69) is 15.4 Å². The molecule has 2 amide bonds. The van der Waals surface area contributed by atoms with Gasteiger partial charge >= 0.3 is 5.97 Å². The fourth-order valence-electron chi connectivity index (χ4n) is 3.64. The number of carbonyl (C=O) groups is 3. The smallest absolute Gasteiger partial charge is 0.325 e. The van der Waals surface area contributed by atoms with Gasteiger partial charge in [0.2, 0.25) is 5.91 Å². The number of aromatic nitrogens is 2. The van der Waals surface area contributed by atoms with E-state index in [9.17, 15) is 14.4 Å². The molecule has 0 saturated carbocycles. The minimum atomic E-state index is -0.511. The summed E-state index contributed by atoms with van der Waals surface area (Å²) in [6.07, 6.45) is 1.86. The van der Waals surface area contributed by atoms with Gasteiger partial charge in [-0.15, -0.1) is 0 Å². The van der Waals surface area contributed by atoms with Gasteiger partial charge in [0.1, 0.15) is 12.2 Å². The van der Waals surface area contributed by atoms with Gasteiger partial charge in [-0.2, -0.15) is 5.10 Å². The maximum Gasteiger partial charge on any atom is 0.325 e. The molecule has 0 aliphatic rings. The number of hydrogen-bond acceptors (Lipinski definition) is 5. The Hall–Kier alpha value is -4.72. The summed E-state index contributed by atoms with van der Waals surface area (Å²) in [7, 11) is 1.26. The van der Waals surface area contributed by atoms with E-state index in [-0.39, 0.29) is 24.8 Å². The molecule has 0 fully saturated rings. The lowest BCUT2D eigenvalue weighted by Gasteiger charge is -2.07. The molecule has 0 unspecified atom stereocenters. The Labute approximate surface area is 208 Å². The van der Waals surface area contributed by atoms with Gasteiger partial charge in [-0.3, -0.25) is 19.1 Å². The molecule has 0 spiro atoms. The van der Waals surface area contributed by atoms with Crippen LogP contribution in [0.1, 0.15) is 21.5 Å². The second-order valence-electron chi connectivity index (χ2n) is 8.12. The highest BCUT2D eigenvalue weighted by Gasteiger charge is 2.18. The van der Waals surface area contributed by atoms with Gasteiger partial charge in [-0.05, 0) is 23.3 Å². The molecule has 0 radical (unpaired) electrons. The van der Waals surface area contributed by atoms with Crippen LogP contribution in [0, 0.1) is 0 Å². The van der Waals surface area contributed by atoms with Crippen LogP contribution in [-0.4, -0.2) is 41.2 Å². The molecule has 1 heterocycles. The second kappa shape index (κ2) is 11.6. The van der Waals surface area contributed by atoms with Gasteiger partial charge in [0, 0.05) is 17.4 Å². The lowest BCUT2D eigenvalue weighted by atomic mass is 10.1. The Balaban J connectivity index is 1.47. The highest BCUT2D eigenvalue weighted by molar-refractivity contribution is 6.08. The zero-order valence-electron chi connectivity index (χ0n) is 19.8. The zero-order valence-corrected chi connectivity index (χ0v) is 19.8. The molecular formula is C28H26N4O4. The van der Waals surface area contributed by atoms with Crippen LogP contribution in [0.2, 0.25) is 0 Å². The lowest BCUT2D eigenvalue weighted by molar-refractivity contribution is -0.141. The van der Waals surface area contributed by atoms with E-state index in [1.54, 1.807) is 35.1 Å². The summed E-state index contributed by atoms with van der Waals surface area (Å²) < 4.78 is 6.27. The van der Waals surface area contributed by atoms with E-state index in [1.165, 1.54) is 7.11 Å². The molecule has 4 rings (SSSR count). The van der Waals surface area contributed by atoms with Crippen molar-refractivity contribution in [2.45, 2.75) is 13.0 Å². The Bertz CT molecular complexity index is 1330. The van der Waals surface area contributed by atoms with Gasteiger partial charge < -0.3 is 15.4 Å². The third kappa shape index (κ3) is 6.44. The number of esters is 1. The first-order valence-electron chi connectivity index (χ1n) is 11.4. The molecule has 0 aliphatic carbocycles. The molecule has 4 aromatic rings. The van der Waals surface area contributed by atoms with E-state index in [4.69, 9.17) is 5.10 Å². The van der Waals surface area contributed by atoms with Crippen molar-refractivity contribution in [3.05, 3.63) is 108 Å². The van der Waals surface area contributed by atoms with Crippen molar-refractivity contribution in [3.63, 3.8) is 0 Å². The fraction of sp³-hybridized carbons (Fsp3) is 0.143. The van der Waals surface area contributed by atoms with Crippen LogP contribution in [0.5, 0.6) is 0 Å². The number of ether oxygens (including phenoxy) is 1. The summed E-state index contributed by atoms with van der Waals surface area (Å²) in [6.45, 7) is 0.367. The Morgan fingerprint density at radius 2 is 1.53 bits per heavy atom. The monoisotopic (exact) mass is 482 g/mol. The predicted octanol–water partition coefficient (Wildman–Crippen LogP) is 3.68. The van der Waals surface area contributed by atoms with E-state index < -0.39 is 5.97 Å². The number of amides is 2. The number of nitrogens with one attached hydrogen (secondary N) is 2. The molecule has 0 bridgehead atoms. The van der Waals surface area contributed by atoms with Crippen molar-refractivity contribution in [2.75, 3.05) is 19.0 Å². The van der Waals surface area contributed by atoms with Crippen molar-refractivity contribution in [1.29, 1.82) is 0 Å². The predicted molar refractivity (Wildman–Crippen MR) is 136 cm³/mol. The van der Waals surface area contributed by atoms with Crippen molar-refractivity contribution < 1.29 is 19.1 Å². The Morgan fingerprint density at radius 1 is 0.861 bits per heavy atom. The van der Waals surface area contributed by atoms with Crippen LogP contribution in [-0.2, 0) is 27.3 Å². The van der Waals surface area contributed by atoms with E-state index in [0.717, 1.165) is 16.7 Å². The molecule has 3 aromatic carbocycles.